The Balaban J connectivity index is 1.46. The Morgan fingerprint density at radius 1 is 1.03 bits per heavy atom. The zero-order valence-electron chi connectivity index (χ0n) is 17.1. The number of carbonyl (C=O) groups is 1. The van der Waals surface area contributed by atoms with E-state index in [9.17, 15) is 13.2 Å². The van der Waals surface area contributed by atoms with Crippen LogP contribution in [0.2, 0.25) is 0 Å². The number of rotatable bonds is 5. The van der Waals surface area contributed by atoms with Crippen molar-refractivity contribution in [3.8, 4) is 10.6 Å². The van der Waals surface area contributed by atoms with Gasteiger partial charge < -0.3 is 9.42 Å². The van der Waals surface area contributed by atoms with E-state index in [-0.39, 0.29) is 5.78 Å². The van der Waals surface area contributed by atoms with Crippen molar-refractivity contribution in [1.82, 2.24) is 9.46 Å². The number of nitrogens with zero attached hydrogens (tertiary/aromatic N) is 3. The third-order valence-electron chi connectivity index (χ3n) is 5.43. The molecule has 1 aliphatic heterocycles. The van der Waals surface area contributed by atoms with Gasteiger partial charge >= 0.3 is 0 Å². The second-order valence-electron chi connectivity index (χ2n) is 7.33. The number of thiophene rings is 1. The van der Waals surface area contributed by atoms with Crippen LogP contribution in [-0.2, 0) is 10.0 Å². The van der Waals surface area contributed by atoms with E-state index >= 15 is 0 Å². The predicted molar refractivity (Wildman–Crippen MR) is 117 cm³/mol. The highest BCUT2D eigenvalue weighted by molar-refractivity contribution is 7.91. The van der Waals surface area contributed by atoms with Crippen molar-refractivity contribution in [2.45, 2.75) is 25.0 Å². The van der Waals surface area contributed by atoms with Crippen LogP contribution >= 0.6 is 11.3 Å². The molecule has 158 valence electrons. The zero-order chi connectivity index (χ0) is 21.5. The first-order valence-corrected chi connectivity index (χ1v) is 11.9. The molecular formula is C21H23N3O4S2. The molecule has 2 aromatic heterocycles. The second-order valence-corrected chi connectivity index (χ2v) is 10.6. The normalized spacial score (nSPS) is 15.5. The van der Waals surface area contributed by atoms with E-state index in [1.807, 2.05) is 26.0 Å². The maximum Gasteiger partial charge on any atom is 0.252 e. The fourth-order valence-corrected chi connectivity index (χ4v) is 6.36. The lowest BCUT2D eigenvalue weighted by atomic mass is 10.1. The van der Waals surface area contributed by atoms with Crippen molar-refractivity contribution in [2.24, 2.45) is 0 Å². The molecule has 0 amide bonds. The van der Waals surface area contributed by atoms with Gasteiger partial charge in [-0.1, -0.05) is 5.16 Å². The summed E-state index contributed by atoms with van der Waals surface area (Å²) in [6.45, 7) is 7.32. The van der Waals surface area contributed by atoms with E-state index in [0.717, 1.165) is 21.8 Å². The van der Waals surface area contributed by atoms with Crippen LogP contribution in [0.3, 0.4) is 0 Å². The third-order valence-corrected chi connectivity index (χ3v) is 8.88. The second kappa shape index (κ2) is 7.98. The van der Waals surface area contributed by atoms with Crippen LogP contribution in [0.25, 0.3) is 10.6 Å². The average Bonchev–Trinajstić information content (AvgIpc) is 3.36. The van der Waals surface area contributed by atoms with Crippen LogP contribution in [-0.4, -0.2) is 49.8 Å². The summed E-state index contributed by atoms with van der Waals surface area (Å²) in [6.07, 6.45) is 0. The molecule has 0 aliphatic carbocycles. The topological polar surface area (TPSA) is 83.7 Å². The fourth-order valence-electron chi connectivity index (χ4n) is 3.45. The van der Waals surface area contributed by atoms with Crippen molar-refractivity contribution in [3.63, 3.8) is 0 Å². The van der Waals surface area contributed by atoms with E-state index < -0.39 is 10.0 Å². The number of aromatic nitrogens is 1. The molecule has 7 nitrogen and oxygen atoms in total. The molecule has 0 radical (unpaired) electrons. The number of Topliss-reactive ketones (excluding diaryl/α,β-unsaturated/α-hetero) is 1. The molecule has 0 N–H and O–H groups in total. The van der Waals surface area contributed by atoms with Crippen LogP contribution in [0.4, 0.5) is 5.69 Å². The van der Waals surface area contributed by atoms with Crippen LogP contribution in [0, 0.1) is 13.8 Å². The Bertz CT molecular complexity index is 1170. The van der Waals surface area contributed by atoms with Gasteiger partial charge in [0.2, 0.25) is 0 Å². The van der Waals surface area contributed by atoms with Crippen LogP contribution in [0.5, 0.6) is 0 Å². The first-order valence-electron chi connectivity index (χ1n) is 9.66. The molecule has 4 rings (SSSR count). The number of aryl methyl sites for hydroxylation is 1. The summed E-state index contributed by atoms with van der Waals surface area (Å²) in [4.78, 5) is 14.3. The SMILES string of the molecule is CC(=O)c1ccc(N2CCN(S(=O)(=O)c3ccc(-c4onc(C)c4C)s3)CC2)cc1. The first kappa shape index (κ1) is 20.8. The molecule has 1 aromatic carbocycles. The van der Waals surface area contributed by atoms with Gasteiger partial charge in [0, 0.05) is 43.0 Å². The Hall–Kier alpha value is -2.49. The van der Waals surface area contributed by atoms with Gasteiger partial charge in [0.15, 0.2) is 11.5 Å². The summed E-state index contributed by atoms with van der Waals surface area (Å²) in [5.74, 6) is 0.654. The van der Waals surface area contributed by atoms with Gasteiger partial charge in [-0.05, 0) is 57.2 Å². The van der Waals surface area contributed by atoms with Gasteiger partial charge in [-0.25, -0.2) is 8.42 Å². The quantitative estimate of drug-likeness (QED) is 0.557. The lowest BCUT2D eigenvalue weighted by Crippen LogP contribution is -2.48. The Labute approximate surface area is 180 Å². The molecule has 30 heavy (non-hydrogen) atoms. The Kier molecular flexibility index (Phi) is 5.52. The molecule has 1 saturated heterocycles. The summed E-state index contributed by atoms with van der Waals surface area (Å²) < 4.78 is 33.4. The number of carbonyl (C=O) groups excluding carboxylic acids is 1. The van der Waals surface area contributed by atoms with Gasteiger partial charge in [-0.2, -0.15) is 4.31 Å². The van der Waals surface area contributed by atoms with Gasteiger partial charge in [-0.3, -0.25) is 4.79 Å². The minimum Gasteiger partial charge on any atom is -0.369 e. The molecule has 0 bridgehead atoms. The molecule has 0 saturated carbocycles. The van der Waals surface area contributed by atoms with E-state index in [2.05, 4.69) is 10.1 Å². The molecule has 9 heteroatoms. The molecule has 0 atom stereocenters. The smallest absolute Gasteiger partial charge is 0.252 e. The van der Waals surface area contributed by atoms with Gasteiger partial charge in [0.25, 0.3) is 10.0 Å². The third kappa shape index (κ3) is 3.80. The van der Waals surface area contributed by atoms with Crippen molar-refractivity contribution in [3.05, 3.63) is 53.2 Å². The summed E-state index contributed by atoms with van der Waals surface area (Å²) in [5, 5.41) is 3.95. The van der Waals surface area contributed by atoms with E-state index in [1.165, 1.54) is 15.6 Å². The van der Waals surface area contributed by atoms with Gasteiger partial charge in [0.1, 0.15) is 4.21 Å². The Morgan fingerprint density at radius 3 is 2.27 bits per heavy atom. The van der Waals surface area contributed by atoms with Crippen molar-refractivity contribution >= 4 is 32.8 Å². The standard InChI is InChI=1S/C21H23N3O4S2/c1-14-15(2)22-28-21(14)19-8-9-20(29-19)30(26,27)24-12-10-23(11-13-24)18-6-4-17(5-7-18)16(3)25/h4-9H,10-13H2,1-3H3. The predicted octanol–water partition coefficient (Wildman–Crippen LogP) is 3.73. The van der Waals surface area contributed by atoms with Crippen molar-refractivity contribution in [2.75, 3.05) is 31.1 Å². The summed E-state index contributed by atoms with van der Waals surface area (Å²) in [6, 6.07) is 10.8. The number of anilines is 1. The molecule has 1 fully saturated rings. The van der Waals surface area contributed by atoms with E-state index in [1.54, 1.807) is 31.2 Å². The average molecular weight is 446 g/mol. The molecule has 3 heterocycles. The summed E-state index contributed by atoms with van der Waals surface area (Å²) >= 11 is 1.21. The molecule has 0 spiro atoms. The lowest BCUT2D eigenvalue weighted by molar-refractivity contribution is 0.101. The number of sulfonamides is 1. The molecule has 0 unspecified atom stereocenters. The van der Waals surface area contributed by atoms with E-state index in [0.29, 0.717) is 41.7 Å². The maximum atomic E-state index is 13.1. The zero-order valence-corrected chi connectivity index (χ0v) is 18.7. The number of ketones is 1. The first-order chi connectivity index (χ1) is 14.3. The molecule has 3 aromatic rings. The Morgan fingerprint density at radius 2 is 1.70 bits per heavy atom. The lowest BCUT2D eigenvalue weighted by Gasteiger charge is -2.35. The number of piperazine rings is 1. The van der Waals surface area contributed by atoms with Gasteiger partial charge in [0.05, 0.1) is 10.6 Å². The minimum atomic E-state index is -3.56. The van der Waals surface area contributed by atoms with Gasteiger partial charge in [-0.15, -0.1) is 11.3 Å². The number of benzene rings is 1. The monoisotopic (exact) mass is 445 g/mol. The maximum absolute atomic E-state index is 13.1. The highest BCUT2D eigenvalue weighted by atomic mass is 32.2. The van der Waals surface area contributed by atoms with Crippen LogP contribution in [0.1, 0.15) is 28.5 Å². The number of hydrogen-bond donors (Lipinski definition) is 0. The highest BCUT2D eigenvalue weighted by Crippen LogP contribution is 2.35. The number of hydrogen-bond acceptors (Lipinski definition) is 7. The molecule has 1 aliphatic rings. The summed E-state index contributed by atoms with van der Waals surface area (Å²) in [7, 11) is -3.56. The van der Waals surface area contributed by atoms with Crippen LogP contribution < -0.4 is 4.90 Å². The van der Waals surface area contributed by atoms with E-state index in [4.69, 9.17) is 4.52 Å². The highest BCUT2D eigenvalue weighted by Gasteiger charge is 2.30. The molecular weight excluding hydrogens is 422 g/mol. The van der Waals surface area contributed by atoms with Crippen molar-refractivity contribution in [1.29, 1.82) is 0 Å². The van der Waals surface area contributed by atoms with Crippen molar-refractivity contribution < 1.29 is 17.7 Å². The largest absolute Gasteiger partial charge is 0.369 e. The van der Waals surface area contributed by atoms with Crippen LogP contribution in [0.15, 0.2) is 45.1 Å². The minimum absolute atomic E-state index is 0.0310. The fraction of sp³-hybridized carbons (Fsp3) is 0.333. The summed E-state index contributed by atoms with van der Waals surface area (Å²) in [5.41, 5.74) is 3.39.